The van der Waals surface area contributed by atoms with Gasteiger partial charge in [0.2, 0.25) is 11.5 Å². The van der Waals surface area contributed by atoms with Crippen LogP contribution in [0.3, 0.4) is 0 Å². The van der Waals surface area contributed by atoms with Gasteiger partial charge in [0.25, 0.3) is 5.91 Å². The number of primary amides is 1. The fourth-order valence-electron chi connectivity index (χ4n) is 5.16. The third kappa shape index (κ3) is 5.13. The number of alkyl halides is 4. The molecule has 2 atom stereocenters. The fraction of sp³-hybridized carbons (Fsp3) is 0.333. The van der Waals surface area contributed by atoms with Crippen LogP contribution in [0.15, 0.2) is 42.5 Å². The zero-order valence-electron chi connectivity index (χ0n) is 23.5. The molecule has 45 heavy (non-hydrogen) atoms. The molecule has 1 fully saturated rings. The predicted molar refractivity (Wildman–Crippen MR) is 152 cm³/mol. The molecule has 4 aromatic rings. The van der Waals surface area contributed by atoms with Gasteiger partial charge in [-0.3, -0.25) is 9.59 Å². The summed E-state index contributed by atoms with van der Waals surface area (Å²) in [4.78, 5) is 34.2. The van der Waals surface area contributed by atoms with Gasteiger partial charge in [0.1, 0.15) is 47.2 Å². The first-order chi connectivity index (χ1) is 21.3. The monoisotopic (exact) mass is 648 g/mol. The minimum absolute atomic E-state index is 0.0395. The van der Waals surface area contributed by atoms with Gasteiger partial charge in [-0.15, -0.1) is 11.3 Å². The van der Waals surface area contributed by atoms with E-state index in [1.165, 1.54) is 42.7 Å². The van der Waals surface area contributed by atoms with Crippen molar-refractivity contribution in [3.8, 4) is 22.8 Å². The van der Waals surface area contributed by atoms with Gasteiger partial charge in [-0.25, -0.2) is 18.7 Å². The normalized spacial score (nSPS) is 19.1. The van der Waals surface area contributed by atoms with E-state index in [1.807, 2.05) is 0 Å². The Kier molecular flexibility index (Phi) is 7.43. The van der Waals surface area contributed by atoms with Crippen LogP contribution in [0.4, 0.5) is 22.0 Å². The molecule has 0 spiro atoms. The topological polar surface area (TPSA) is 137 Å². The maximum absolute atomic E-state index is 14.7. The zero-order valence-corrected chi connectivity index (χ0v) is 24.3. The molecule has 0 radical (unpaired) electrons. The Hall–Kier alpha value is -4.37. The number of thiazole rings is 1. The Bertz CT molecular complexity index is 1830. The summed E-state index contributed by atoms with van der Waals surface area (Å²) in [5, 5.41) is 14.2. The van der Waals surface area contributed by atoms with E-state index in [0.717, 1.165) is 30.0 Å². The molecule has 0 saturated heterocycles. The van der Waals surface area contributed by atoms with Crippen LogP contribution in [0.1, 0.15) is 45.4 Å². The van der Waals surface area contributed by atoms with Crippen LogP contribution in [-0.4, -0.2) is 60.0 Å². The fourth-order valence-corrected chi connectivity index (χ4v) is 6.35. The maximum atomic E-state index is 14.7. The Morgan fingerprint density at radius 2 is 1.89 bits per heavy atom. The Morgan fingerprint density at radius 1 is 1.18 bits per heavy atom. The van der Waals surface area contributed by atoms with Gasteiger partial charge < -0.3 is 25.6 Å². The van der Waals surface area contributed by atoms with Crippen molar-refractivity contribution in [1.29, 1.82) is 0 Å². The first kappa shape index (κ1) is 30.6. The summed E-state index contributed by atoms with van der Waals surface area (Å²) >= 11 is 1.36. The second-order valence-electron chi connectivity index (χ2n) is 11.0. The molecule has 2 amide bonds. The number of benzene rings is 2. The summed E-state index contributed by atoms with van der Waals surface area (Å²) in [6.07, 6.45) is -3.46. The number of hydrogen-bond acceptors (Lipinski definition) is 8. The minimum atomic E-state index is -5.44. The number of halogens is 5. The molecule has 236 valence electrons. The smallest absolute Gasteiger partial charge is 0.424 e. The third-order valence-electron chi connectivity index (χ3n) is 8.05. The summed E-state index contributed by atoms with van der Waals surface area (Å²) in [6.45, 7) is -3.48. The number of aromatic nitrogens is 2. The number of aliphatic hydroxyl groups is 1. The van der Waals surface area contributed by atoms with Crippen LogP contribution in [0, 0.1) is 5.82 Å². The molecule has 1 unspecified atom stereocenters. The van der Waals surface area contributed by atoms with Gasteiger partial charge in [-0.1, -0.05) is 0 Å². The number of nitrogens with two attached hydrogens (primary N) is 1. The SMILES string of the molecule is COc1cc(C(=O)NCC(O)(c2cc3c(c(-c4ccc(F)cc4)n2)OC[C@]3(CF)C(N)=O)C(F)(F)F)cc2sc(C3CC3)nc12. The second kappa shape index (κ2) is 10.9. The van der Waals surface area contributed by atoms with Crippen LogP contribution in [0.25, 0.3) is 21.5 Å². The highest BCUT2D eigenvalue weighted by atomic mass is 32.1. The highest BCUT2D eigenvalue weighted by Gasteiger charge is 2.58. The first-order valence-electron chi connectivity index (χ1n) is 13.7. The molecular formula is C30H25F5N4O5S. The number of rotatable bonds is 9. The molecule has 4 N–H and O–H groups in total. The number of methoxy groups -OCH3 is 1. The van der Waals surface area contributed by atoms with Crippen LogP contribution in [0.5, 0.6) is 11.5 Å². The van der Waals surface area contributed by atoms with Gasteiger partial charge in [0, 0.05) is 22.6 Å². The number of amides is 2. The van der Waals surface area contributed by atoms with Crippen LogP contribution >= 0.6 is 11.3 Å². The molecule has 1 saturated carbocycles. The average Bonchev–Trinajstić information content (AvgIpc) is 3.65. The molecule has 1 aliphatic carbocycles. The number of hydrogen-bond donors (Lipinski definition) is 3. The number of carbonyl (C=O) groups is 2. The summed E-state index contributed by atoms with van der Waals surface area (Å²) in [5.74, 6) is -2.50. The van der Waals surface area contributed by atoms with E-state index in [4.69, 9.17) is 15.2 Å². The molecule has 6 rings (SSSR count). The summed E-state index contributed by atoms with van der Waals surface area (Å²) in [6, 6.07) is 7.92. The molecule has 3 heterocycles. The summed E-state index contributed by atoms with van der Waals surface area (Å²) in [7, 11) is 1.38. The molecule has 2 aliphatic rings. The molecule has 9 nitrogen and oxygen atoms in total. The lowest BCUT2D eigenvalue weighted by Crippen LogP contribution is -2.52. The maximum Gasteiger partial charge on any atom is 0.424 e. The number of ether oxygens (including phenoxy) is 2. The van der Waals surface area contributed by atoms with Crippen molar-refractivity contribution in [3.63, 3.8) is 0 Å². The van der Waals surface area contributed by atoms with E-state index < -0.39 is 60.3 Å². The Labute approximate surface area is 256 Å². The van der Waals surface area contributed by atoms with Crippen molar-refractivity contribution < 1.29 is 46.1 Å². The lowest BCUT2D eigenvalue weighted by Gasteiger charge is -2.31. The lowest BCUT2D eigenvalue weighted by molar-refractivity contribution is -0.265. The number of nitrogens with one attached hydrogen (secondary N) is 1. The van der Waals surface area contributed by atoms with E-state index in [-0.39, 0.29) is 33.9 Å². The van der Waals surface area contributed by atoms with E-state index in [2.05, 4.69) is 15.3 Å². The molecule has 15 heteroatoms. The number of carbonyl (C=O) groups excluding carboxylic acids is 2. The van der Waals surface area contributed by atoms with Gasteiger partial charge in [0.15, 0.2) is 0 Å². The van der Waals surface area contributed by atoms with Gasteiger partial charge in [-0.05, 0) is 55.3 Å². The molecule has 0 bridgehead atoms. The van der Waals surface area contributed by atoms with E-state index in [0.29, 0.717) is 22.2 Å². The molecular weight excluding hydrogens is 623 g/mol. The van der Waals surface area contributed by atoms with Gasteiger partial charge >= 0.3 is 6.18 Å². The van der Waals surface area contributed by atoms with Crippen molar-refractivity contribution in [2.75, 3.05) is 26.9 Å². The quantitative estimate of drug-likeness (QED) is 0.225. The standard InChI is InChI=1S/C30H25F5N4O5S/c1-43-19-8-16(9-20-23(19)39-26(45-20)15-2-3-15)25(40)37-12-29(42,30(33,34)35)21-10-18-24(44-13-28(18,11-31)27(36)41)22(38-21)14-4-6-17(32)7-5-14/h4-10,15,42H,2-3,11-13H2,1H3,(H2,36,41)(H,37,40)/t28-,29?/m0/s1. The van der Waals surface area contributed by atoms with Crippen molar-refractivity contribution in [2.24, 2.45) is 5.73 Å². The van der Waals surface area contributed by atoms with E-state index >= 15 is 0 Å². The van der Waals surface area contributed by atoms with Gasteiger partial charge in [-0.2, -0.15) is 13.2 Å². The number of fused-ring (bicyclic) bond motifs is 2. The Morgan fingerprint density at radius 3 is 2.49 bits per heavy atom. The number of pyridine rings is 1. The summed E-state index contributed by atoms with van der Waals surface area (Å²) in [5.41, 5.74) is -1.77. The van der Waals surface area contributed by atoms with Crippen LogP contribution in [-0.2, 0) is 15.8 Å². The van der Waals surface area contributed by atoms with Crippen molar-refractivity contribution in [1.82, 2.24) is 15.3 Å². The van der Waals surface area contributed by atoms with Crippen molar-refractivity contribution >= 4 is 33.4 Å². The Balaban J connectivity index is 1.41. The van der Waals surface area contributed by atoms with Gasteiger partial charge in [0.05, 0.1) is 29.1 Å². The molecule has 2 aromatic carbocycles. The highest BCUT2D eigenvalue weighted by Crippen LogP contribution is 2.48. The highest BCUT2D eigenvalue weighted by molar-refractivity contribution is 7.18. The van der Waals surface area contributed by atoms with Crippen LogP contribution in [0.2, 0.25) is 0 Å². The minimum Gasteiger partial charge on any atom is -0.494 e. The zero-order chi connectivity index (χ0) is 32.3. The first-order valence-corrected chi connectivity index (χ1v) is 14.5. The molecule has 2 aromatic heterocycles. The third-order valence-corrected chi connectivity index (χ3v) is 9.22. The predicted octanol–water partition coefficient (Wildman–Crippen LogP) is 4.65. The van der Waals surface area contributed by atoms with E-state index in [9.17, 15) is 36.6 Å². The largest absolute Gasteiger partial charge is 0.494 e. The lowest BCUT2D eigenvalue weighted by atomic mass is 9.81. The van der Waals surface area contributed by atoms with Crippen LogP contribution < -0.4 is 20.5 Å². The number of nitrogens with zero attached hydrogens (tertiary/aromatic N) is 2. The average molecular weight is 649 g/mol. The summed E-state index contributed by atoms with van der Waals surface area (Å²) < 4.78 is 83.7. The van der Waals surface area contributed by atoms with E-state index in [1.54, 1.807) is 0 Å². The van der Waals surface area contributed by atoms with Crippen molar-refractivity contribution in [2.45, 2.75) is 36.0 Å². The molecule has 1 aliphatic heterocycles. The second-order valence-corrected chi connectivity index (χ2v) is 12.1. The van der Waals surface area contributed by atoms with Crippen molar-refractivity contribution in [3.05, 3.63) is 70.1 Å².